The molecule has 1 aromatic carbocycles. The summed E-state index contributed by atoms with van der Waals surface area (Å²) in [6, 6.07) is 5.86. The summed E-state index contributed by atoms with van der Waals surface area (Å²) < 4.78 is 0. The molecule has 4 amide bonds. The number of carbonyl (C=O) groups excluding carboxylic acids is 2. The largest absolute Gasteiger partial charge is 0.324 e. The fourth-order valence-corrected chi connectivity index (χ4v) is 1.53. The third kappa shape index (κ3) is 2.19. The third-order valence-electron chi connectivity index (χ3n) is 1.96. The molecule has 3 N–H and O–H groups in total. The van der Waals surface area contributed by atoms with Gasteiger partial charge < -0.3 is 10.6 Å². The molecular weight excluding hydrogens is 218 g/mol. The summed E-state index contributed by atoms with van der Waals surface area (Å²) in [7, 11) is 0. The van der Waals surface area contributed by atoms with Crippen molar-refractivity contribution >= 4 is 23.7 Å². The first-order chi connectivity index (χ1) is 7.15. The third-order valence-corrected chi connectivity index (χ3v) is 2.20. The van der Waals surface area contributed by atoms with E-state index in [1.54, 1.807) is 24.3 Å². The van der Waals surface area contributed by atoms with Gasteiger partial charge in [-0.3, -0.25) is 5.32 Å². The Bertz CT molecular complexity index is 406. The van der Waals surface area contributed by atoms with E-state index in [9.17, 15) is 9.59 Å². The lowest BCUT2D eigenvalue weighted by atomic mass is 10.1. The Morgan fingerprint density at radius 2 is 1.80 bits per heavy atom. The van der Waals surface area contributed by atoms with Gasteiger partial charge in [-0.15, -0.1) is 0 Å². The van der Waals surface area contributed by atoms with Crippen LogP contribution in [0.3, 0.4) is 0 Å². The molecule has 2 rings (SSSR count). The zero-order chi connectivity index (χ0) is 10.8. The van der Waals surface area contributed by atoms with Crippen LogP contribution < -0.4 is 16.0 Å². The number of benzene rings is 1. The number of halogens is 1. The minimum atomic E-state index is -0.537. The first-order valence-electron chi connectivity index (χ1n) is 4.28. The van der Waals surface area contributed by atoms with Crippen LogP contribution in [0.1, 0.15) is 11.7 Å². The summed E-state index contributed by atoms with van der Waals surface area (Å²) in [5.74, 6) is 0. The number of hydrogen-bond donors (Lipinski definition) is 3. The maximum Gasteiger partial charge on any atom is 0.324 e. The Morgan fingerprint density at radius 3 is 2.40 bits per heavy atom. The molecule has 1 aromatic rings. The topological polar surface area (TPSA) is 70.2 Å². The predicted octanol–water partition coefficient (Wildman–Crippen LogP) is 1.36. The van der Waals surface area contributed by atoms with Crippen LogP contribution in [0, 0.1) is 0 Å². The molecule has 1 aliphatic rings. The maximum absolute atomic E-state index is 11.0. The van der Waals surface area contributed by atoms with Crippen molar-refractivity contribution < 1.29 is 9.59 Å². The standard InChI is InChI=1S/C9H8ClN3O2/c10-6-3-1-2-5(4-6)7-11-8(14)13-9(15)12-7/h1-4,7H,(H3,11,12,13,14,15). The monoisotopic (exact) mass is 225 g/mol. The van der Waals surface area contributed by atoms with Gasteiger partial charge in [0.25, 0.3) is 0 Å². The number of amides is 4. The Balaban J connectivity index is 2.23. The van der Waals surface area contributed by atoms with E-state index in [1.807, 2.05) is 0 Å². The van der Waals surface area contributed by atoms with Crippen LogP contribution in [-0.2, 0) is 0 Å². The quantitative estimate of drug-likeness (QED) is 0.676. The van der Waals surface area contributed by atoms with Crippen molar-refractivity contribution in [3.63, 3.8) is 0 Å². The molecule has 0 radical (unpaired) electrons. The van der Waals surface area contributed by atoms with Gasteiger partial charge >= 0.3 is 12.1 Å². The molecule has 15 heavy (non-hydrogen) atoms. The average Bonchev–Trinajstić information content (AvgIpc) is 2.16. The zero-order valence-corrected chi connectivity index (χ0v) is 8.34. The van der Waals surface area contributed by atoms with Gasteiger partial charge in [-0.05, 0) is 17.7 Å². The highest BCUT2D eigenvalue weighted by atomic mass is 35.5. The van der Waals surface area contributed by atoms with Crippen LogP contribution in [0.15, 0.2) is 24.3 Å². The first kappa shape index (κ1) is 9.79. The molecule has 0 bridgehead atoms. The Hall–Kier alpha value is -1.75. The predicted molar refractivity (Wildman–Crippen MR) is 54.4 cm³/mol. The van der Waals surface area contributed by atoms with E-state index in [0.29, 0.717) is 5.02 Å². The van der Waals surface area contributed by atoms with Crippen molar-refractivity contribution in [3.8, 4) is 0 Å². The SMILES string of the molecule is O=C1NC(=O)NC(c2cccc(Cl)c2)N1. The van der Waals surface area contributed by atoms with Crippen molar-refractivity contribution in [2.24, 2.45) is 0 Å². The van der Waals surface area contributed by atoms with Crippen LogP contribution in [-0.4, -0.2) is 12.1 Å². The van der Waals surface area contributed by atoms with Gasteiger partial charge in [-0.25, -0.2) is 9.59 Å². The van der Waals surface area contributed by atoms with Crippen LogP contribution in [0.25, 0.3) is 0 Å². The van der Waals surface area contributed by atoms with Crippen molar-refractivity contribution in [2.75, 3.05) is 0 Å². The first-order valence-corrected chi connectivity index (χ1v) is 4.66. The Kier molecular flexibility index (Phi) is 2.47. The Morgan fingerprint density at radius 1 is 1.13 bits per heavy atom. The summed E-state index contributed by atoms with van der Waals surface area (Å²) in [4.78, 5) is 22.1. The fourth-order valence-electron chi connectivity index (χ4n) is 1.33. The van der Waals surface area contributed by atoms with Gasteiger partial charge in [-0.2, -0.15) is 0 Å². The van der Waals surface area contributed by atoms with Gasteiger partial charge in [0.15, 0.2) is 0 Å². The highest BCUT2D eigenvalue weighted by Gasteiger charge is 2.23. The Labute approximate surface area is 90.8 Å². The molecule has 0 aromatic heterocycles. The summed E-state index contributed by atoms with van der Waals surface area (Å²) in [5, 5.41) is 7.71. The molecule has 1 saturated heterocycles. The highest BCUT2D eigenvalue weighted by Crippen LogP contribution is 2.16. The minimum Gasteiger partial charge on any atom is -0.313 e. The number of imide groups is 1. The number of carbonyl (C=O) groups is 2. The second-order valence-corrected chi connectivity index (χ2v) is 3.50. The average molecular weight is 226 g/mol. The molecule has 0 spiro atoms. The zero-order valence-electron chi connectivity index (χ0n) is 7.58. The minimum absolute atomic E-state index is 0.524. The van der Waals surface area contributed by atoms with E-state index in [1.165, 1.54) is 0 Å². The number of nitrogens with one attached hydrogen (secondary N) is 3. The van der Waals surface area contributed by atoms with Gasteiger partial charge in [0.2, 0.25) is 0 Å². The second kappa shape index (κ2) is 3.78. The van der Waals surface area contributed by atoms with E-state index >= 15 is 0 Å². The van der Waals surface area contributed by atoms with E-state index in [4.69, 9.17) is 11.6 Å². The lowest BCUT2D eigenvalue weighted by Crippen LogP contribution is -2.56. The lowest BCUT2D eigenvalue weighted by Gasteiger charge is -2.25. The van der Waals surface area contributed by atoms with Crippen molar-refractivity contribution in [2.45, 2.75) is 6.17 Å². The number of hydrogen-bond acceptors (Lipinski definition) is 2. The van der Waals surface area contributed by atoms with Gasteiger partial charge in [0, 0.05) is 5.02 Å². The van der Waals surface area contributed by atoms with Gasteiger partial charge in [-0.1, -0.05) is 23.7 Å². The van der Waals surface area contributed by atoms with Crippen LogP contribution in [0.5, 0.6) is 0 Å². The van der Waals surface area contributed by atoms with Crippen LogP contribution in [0.4, 0.5) is 9.59 Å². The lowest BCUT2D eigenvalue weighted by molar-refractivity contribution is 0.209. The molecule has 5 nitrogen and oxygen atoms in total. The molecule has 0 unspecified atom stereocenters. The fraction of sp³-hybridized carbons (Fsp3) is 0.111. The molecule has 1 aliphatic heterocycles. The molecular formula is C9H8ClN3O2. The molecule has 1 fully saturated rings. The summed E-state index contributed by atoms with van der Waals surface area (Å²) in [6.45, 7) is 0. The van der Waals surface area contributed by atoms with Gasteiger partial charge in [0.1, 0.15) is 6.17 Å². The molecule has 0 saturated carbocycles. The molecule has 78 valence electrons. The second-order valence-electron chi connectivity index (χ2n) is 3.06. The number of urea groups is 2. The van der Waals surface area contributed by atoms with E-state index < -0.39 is 18.2 Å². The number of rotatable bonds is 1. The van der Waals surface area contributed by atoms with Crippen LogP contribution >= 0.6 is 11.6 Å². The van der Waals surface area contributed by atoms with Gasteiger partial charge in [0.05, 0.1) is 0 Å². The molecule has 0 atom stereocenters. The van der Waals surface area contributed by atoms with E-state index in [-0.39, 0.29) is 0 Å². The van der Waals surface area contributed by atoms with E-state index in [0.717, 1.165) is 5.56 Å². The molecule has 6 heteroatoms. The smallest absolute Gasteiger partial charge is 0.313 e. The maximum atomic E-state index is 11.0. The highest BCUT2D eigenvalue weighted by molar-refractivity contribution is 6.30. The normalized spacial score (nSPS) is 16.6. The van der Waals surface area contributed by atoms with Crippen molar-refractivity contribution in [1.29, 1.82) is 0 Å². The van der Waals surface area contributed by atoms with Crippen LogP contribution in [0.2, 0.25) is 5.02 Å². The van der Waals surface area contributed by atoms with Crippen molar-refractivity contribution in [1.82, 2.24) is 16.0 Å². The summed E-state index contributed by atoms with van der Waals surface area (Å²) in [5.41, 5.74) is 0.728. The summed E-state index contributed by atoms with van der Waals surface area (Å²) in [6.07, 6.45) is -0.537. The van der Waals surface area contributed by atoms with Crippen molar-refractivity contribution in [3.05, 3.63) is 34.9 Å². The summed E-state index contributed by atoms with van der Waals surface area (Å²) >= 11 is 5.80. The van der Waals surface area contributed by atoms with E-state index in [2.05, 4.69) is 16.0 Å². The molecule has 0 aliphatic carbocycles. The molecule has 1 heterocycles.